The van der Waals surface area contributed by atoms with E-state index in [1.807, 2.05) is 60.7 Å². The smallest absolute Gasteiger partial charge is 0.290 e. The van der Waals surface area contributed by atoms with Crippen molar-refractivity contribution in [2.45, 2.75) is 4.90 Å². The fourth-order valence-electron chi connectivity index (χ4n) is 2.67. The first-order valence-corrected chi connectivity index (χ1v) is 7.76. The Labute approximate surface area is 145 Å². The SMILES string of the molecule is COc1ccc(-c2ccc(S)c([N+](=O)[O-])c2-c2ccccc2)cc1. The third-order valence-electron chi connectivity index (χ3n) is 3.80. The minimum atomic E-state index is -0.377. The van der Waals surface area contributed by atoms with Crippen LogP contribution in [0.4, 0.5) is 5.69 Å². The largest absolute Gasteiger partial charge is 0.497 e. The zero-order valence-electron chi connectivity index (χ0n) is 13.0. The van der Waals surface area contributed by atoms with Crippen LogP contribution in [-0.4, -0.2) is 12.0 Å². The molecule has 0 bridgehead atoms. The number of ether oxygens (including phenoxy) is 1. The number of nitro benzene ring substituents is 1. The van der Waals surface area contributed by atoms with Crippen LogP contribution in [0, 0.1) is 10.1 Å². The third kappa shape index (κ3) is 2.98. The van der Waals surface area contributed by atoms with Crippen molar-refractivity contribution >= 4 is 18.3 Å². The van der Waals surface area contributed by atoms with Crippen molar-refractivity contribution in [3.05, 3.63) is 76.8 Å². The van der Waals surface area contributed by atoms with Gasteiger partial charge in [-0.15, -0.1) is 12.6 Å². The van der Waals surface area contributed by atoms with Crippen LogP contribution < -0.4 is 4.74 Å². The summed E-state index contributed by atoms with van der Waals surface area (Å²) in [6.45, 7) is 0. The number of nitrogens with zero attached hydrogens (tertiary/aromatic N) is 1. The topological polar surface area (TPSA) is 52.4 Å². The monoisotopic (exact) mass is 337 g/mol. The van der Waals surface area contributed by atoms with Crippen molar-refractivity contribution in [2.75, 3.05) is 7.11 Å². The Hall–Kier alpha value is -2.79. The van der Waals surface area contributed by atoms with Gasteiger partial charge in [-0.2, -0.15) is 0 Å². The van der Waals surface area contributed by atoms with E-state index in [0.717, 1.165) is 22.4 Å². The van der Waals surface area contributed by atoms with Crippen molar-refractivity contribution in [3.8, 4) is 28.0 Å². The molecule has 0 unspecified atom stereocenters. The lowest BCUT2D eigenvalue weighted by atomic mass is 9.93. The first kappa shape index (κ1) is 16.1. The van der Waals surface area contributed by atoms with Gasteiger partial charge in [-0.25, -0.2) is 0 Å². The van der Waals surface area contributed by atoms with Crippen molar-refractivity contribution in [3.63, 3.8) is 0 Å². The molecule has 0 heterocycles. The maximum Gasteiger partial charge on any atom is 0.290 e. The lowest BCUT2D eigenvalue weighted by Gasteiger charge is -2.13. The summed E-state index contributed by atoms with van der Waals surface area (Å²) in [4.78, 5) is 11.6. The lowest BCUT2D eigenvalue weighted by Crippen LogP contribution is -1.96. The molecule has 3 aromatic rings. The highest BCUT2D eigenvalue weighted by Gasteiger charge is 2.23. The Morgan fingerprint density at radius 3 is 2.17 bits per heavy atom. The summed E-state index contributed by atoms with van der Waals surface area (Å²) in [6, 6.07) is 20.3. The molecule has 0 radical (unpaired) electrons. The van der Waals surface area contributed by atoms with Gasteiger partial charge in [0.05, 0.1) is 22.5 Å². The van der Waals surface area contributed by atoms with Crippen LogP contribution in [0.1, 0.15) is 0 Å². The summed E-state index contributed by atoms with van der Waals surface area (Å²) in [5.41, 5.74) is 3.03. The van der Waals surface area contributed by atoms with Crippen LogP contribution in [0.3, 0.4) is 0 Å². The van der Waals surface area contributed by atoms with E-state index in [9.17, 15) is 10.1 Å². The summed E-state index contributed by atoms with van der Waals surface area (Å²) in [6.07, 6.45) is 0. The second-order valence-corrected chi connectivity index (χ2v) is 5.69. The average Bonchev–Trinajstić information content (AvgIpc) is 2.62. The Morgan fingerprint density at radius 1 is 0.917 bits per heavy atom. The van der Waals surface area contributed by atoms with Crippen molar-refractivity contribution in [1.29, 1.82) is 0 Å². The highest BCUT2D eigenvalue weighted by atomic mass is 32.1. The fraction of sp³-hybridized carbons (Fsp3) is 0.0526. The zero-order chi connectivity index (χ0) is 17.1. The molecule has 0 fully saturated rings. The molecule has 3 rings (SSSR count). The number of hydrogen-bond acceptors (Lipinski definition) is 4. The molecule has 5 heteroatoms. The first-order valence-electron chi connectivity index (χ1n) is 7.32. The van der Waals surface area contributed by atoms with Gasteiger partial charge < -0.3 is 4.74 Å². The van der Waals surface area contributed by atoms with E-state index in [1.54, 1.807) is 13.2 Å². The fourth-order valence-corrected chi connectivity index (χ4v) is 2.94. The zero-order valence-corrected chi connectivity index (χ0v) is 13.9. The standard InChI is InChI=1S/C19H15NO3S/c1-23-15-9-7-13(8-10-15)16-11-12-17(24)19(20(21)22)18(16)14-5-3-2-4-6-14/h2-12,24H,1H3. The highest BCUT2D eigenvalue weighted by molar-refractivity contribution is 7.80. The minimum absolute atomic E-state index is 0.0119. The van der Waals surface area contributed by atoms with Crippen LogP contribution >= 0.6 is 12.6 Å². The van der Waals surface area contributed by atoms with Crippen LogP contribution in [0.15, 0.2) is 71.6 Å². The van der Waals surface area contributed by atoms with Gasteiger partial charge in [0.25, 0.3) is 5.69 Å². The van der Waals surface area contributed by atoms with E-state index >= 15 is 0 Å². The molecule has 0 spiro atoms. The van der Waals surface area contributed by atoms with E-state index in [-0.39, 0.29) is 10.6 Å². The number of hydrogen-bond donors (Lipinski definition) is 1. The first-order chi connectivity index (χ1) is 11.6. The predicted molar refractivity (Wildman–Crippen MR) is 97.8 cm³/mol. The molecule has 0 aromatic heterocycles. The molecule has 0 aliphatic rings. The van der Waals surface area contributed by atoms with Gasteiger partial charge in [0, 0.05) is 0 Å². The third-order valence-corrected chi connectivity index (χ3v) is 4.16. The molecular formula is C19H15NO3S. The molecule has 120 valence electrons. The molecule has 0 amide bonds. The summed E-state index contributed by atoms with van der Waals surface area (Å²) in [5, 5.41) is 11.6. The average molecular weight is 337 g/mol. The van der Waals surface area contributed by atoms with E-state index in [1.165, 1.54) is 0 Å². The molecular weight excluding hydrogens is 322 g/mol. The number of methoxy groups -OCH3 is 1. The van der Waals surface area contributed by atoms with Crippen molar-refractivity contribution in [1.82, 2.24) is 0 Å². The van der Waals surface area contributed by atoms with E-state index in [0.29, 0.717) is 10.5 Å². The minimum Gasteiger partial charge on any atom is -0.497 e. The second kappa shape index (κ2) is 6.76. The molecule has 3 aromatic carbocycles. The van der Waals surface area contributed by atoms with Gasteiger partial charge >= 0.3 is 0 Å². The molecule has 0 N–H and O–H groups in total. The van der Waals surface area contributed by atoms with Gasteiger partial charge in [-0.05, 0) is 34.9 Å². The summed E-state index contributed by atoms with van der Waals surface area (Å²) in [7, 11) is 1.60. The second-order valence-electron chi connectivity index (χ2n) is 5.21. The quantitative estimate of drug-likeness (QED) is 0.403. The van der Waals surface area contributed by atoms with Crippen LogP contribution in [0.5, 0.6) is 5.75 Å². The number of thiol groups is 1. The van der Waals surface area contributed by atoms with Crippen LogP contribution in [-0.2, 0) is 0 Å². The van der Waals surface area contributed by atoms with Crippen LogP contribution in [0.25, 0.3) is 22.3 Å². The summed E-state index contributed by atoms with van der Waals surface area (Å²) >= 11 is 4.29. The van der Waals surface area contributed by atoms with Crippen molar-refractivity contribution in [2.24, 2.45) is 0 Å². The number of rotatable bonds is 4. The molecule has 0 saturated carbocycles. The summed E-state index contributed by atoms with van der Waals surface area (Å²) in [5.74, 6) is 0.736. The molecule has 0 aliphatic heterocycles. The van der Waals surface area contributed by atoms with Gasteiger partial charge in [-0.3, -0.25) is 10.1 Å². The molecule has 4 nitrogen and oxygen atoms in total. The Morgan fingerprint density at radius 2 is 1.58 bits per heavy atom. The number of benzene rings is 3. The van der Waals surface area contributed by atoms with Crippen molar-refractivity contribution < 1.29 is 9.66 Å². The molecule has 24 heavy (non-hydrogen) atoms. The Bertz CT molecular complexity index is 877. The molecule has 0 saturated heterocycles. The van der Waals surface area contributed by atoms with E-state index in [2.05, 4.69) is 12.6 Å². The maximum atomic E-state index is 11.6. The molecule has 0 atom stereocenters. The Balaban J connectivity index is 2.29. The van der Waals surface area contributed by atoms with Gasteiger partial charge in [0.15, 0.2) is 0 Å². The highest BCUT2D eigenvalue weighted by Crippen LogP contribution is 2.42. The Kier molecular flexibility index (Phi) is 4.53. The normalized spacial score (nSPS) is 10.4. The van der Waals surface area contributed by atoms with Gasteiger partial charge in [-0.1, -0.05) is 48.5 Å². The number of nitro groups is 1. The van der Waals surface area contributed by atoms with Gasteiger partial charge in [0.2, 0.25) is 0 Å². The van der Waals surface area contributed by atoms with E-state index in [4.69, 9.17) is 4.74 Å². The lowest BCUT2D eigenvalue weighted by molar-refractivity contribution is -0.386. The van der Waals surface area contributed by atoms with Gasteiger partial charge in [0.1, 0.15) is 5.75 Å². The maximum absolute atomic E-state index is 11.6. The van der Waals surface area contributed by atoms with E-state index < -0.39 is 0 Å². The van der Waals surface area contributed by atoms with Crippen LogP contribution in [0.2, 0.25) is 0 Å². The summed E-state index contributed by atoms with van der Waals surface area (Å²) < 4.78 is 5.18. The molecule has 0 aliphatic carbocycles. The predicted octanol–water partition coefficient (Wildman–Crippen LogP) is 5.23.